The highest BCUT2D eigenvalue weighted by molar-refractivity contribution is 5.46. The molecule has 130 valence electrons. The van der Waals surface area contributed by atoms with Gasteiger partial charge in [-0.2, -0.15) is 14.6 Å². The van der Waals surface area contributed by atoms with E-state index in [2.05, 4.69) is 26.4 Å². The van der Waals surface area contributed by atoms with Crippen LogP contribution < -0.4 is 10.1 Å². The number of aromatic nitrogens is 4. The Morgan fingerprint density at radius 2 is 2.16 bits per heavy atom. The van der Waals surface area contributed by atoms with E-state index in [-0.39, 0.29) is 0 Å². The van der Waals surface area contributed by atoms with Crippen molar-refractivity contribution in [3.8, 4) is 5.75 Å². The second-order valence-corrected chi connectivity index (χ2v) is 6.17. The fraction of sp³-hybridized carbons (Fsp3) is 0.389. The largest absolute Gasteiger partial charge is 0.490 e. The van der Waals surface area contributed by atoms with Crippen LogP contribution >= 0.6 is 0 Å². The molecule has 1 aliphatic carbocycles. The molecule has 2 aromatic heterocycles. The van der Waals surface area contributed by atoms with E-state index in [1.54, 1.807) is 11.6 Å². The summed E-state index contributed by atoms with van der Waals surface area (Å²) >= 11 is 0. The predicted molar refractivity (Wildman–Crippen MR) is 93.5 cm³/mol. The van der Waals surface area contributed by atoms with Gasteiger partial charge in [0.2, 0.25) is 0 Å². The molecule has 0 atom stereocenters. The molecule has 7 heteroatoms. The molecule has 0 spiro atoms. The number of fused-ring (bicyclic) bond motifs is 1. The van der Waals surface area contributed by atoms with E-state index in [0.29, 0.717) is 25.0 Å². The number of anilines is 1. The highest BCUT2D eigenvalue weighted by Gasteiger charge is 2.20. The fourth-order valence-corrected chi connectivity index (χ4v) is 2.83. The van der Waals surface area contributed by atoms with Gasteiger partial charge < -0.3 is 14.8 Å². The number of benzene rings is 1. The smallest absolute Gasteiger partial charge is 0.254 e. The van der Waals surface area contributed by atoms with Gasteiger partial charge >= 0.3 is 0 Å². The van der Waals surface area contributed by atoms with Crippen LogP contribution in [0.15, 0.2) is 36.7 Å². The third-order valence-corrected chi connectivity index (χ3v) is 4.38. The maximum Gasteiger partial charge on any atom is 0.254 e. The van der Waals surface area contributed by atoms with Crippen LogP contribution in [0.4, 0.5) is 5.82 Å². The van der Waals surface area contributed by atoms with Crippen molar-refractivity contribution in [3.63, 3.8) is 0 Å². The molecule has 0 aliphatic heterocycles. The summed E-state index contributed by atoms with van der Waals surface area (Å²) in [6.45, 7) is 1.06. The number of nitrogens with zero attached hydrogens (tertiary/aromatic N) is 4. The van der Waals surface area contributed by atoms with Gasteiger partial charge in [0, 0.05) is 25.3 Å². The van der Waals surface area contributed by atoms with Gasteiger partial charge in [-0.25, -0.2) is 4.98 Å². The molecule has 1 aliphatic rings. The van der Waals surface area contributed by atoms with Gasteiger partial charge in [-0.3, -0.25) is 0 Å². The zero-order chi connectivity index (χ0) is 17.1. The van der Waals surface area contributed by atoms with Gasteiger partial charge in [-0.1, -0.05) is 18.2 Å². The lowest BCUT2D eigenvalue weighted by Crippen LogP contribution is -2.25. The Labute approximate surface area is 146 Å². The number of methoxy groups -OCH3 is 1. The summed E-state index contributed by atoms with van der Waals surface area (Å²) < 4.78 is 13.0. The molecule has 25 heavy (non-hydrogen) atoms. The molecule has 1 N–H and O–H groups in total. The molecule has 0 bridgehead atoms. The Morgan fingerprint density at radius 3 is 2.96 bits per heavy atom. The molecule has 2 heterocycles. The van der Waals surface area contributed by atoms with Crippen LogP contribution in [0.5, 0.6) is 5.75 Å². The second kappa shape index (κ2) is 7.06. The van der Waals surface area contributed by atoms with Crippen molar-refractivity contribution in [2.24, 2.45) is 0 Å². The van der Waals surface area contributed by atoms with Crippen molar-refractivity contribution < 1.29 is 9.47 Å². The molecule has 0 unspecified atom stereocenters. The third-order valence-electron chi connectivity index (χ3n) is 4.38. The first-order valence-electron chi connectivity index (χ1n) is 8.50. The monoisotopic (exact) mass is 339 g/mol. The summed E-state index contributed by atoms with van der Waals surface area (Å²) in [5, 5.41) is 7.66. The Bertz CT molecular complexity index is 860. The number of hydrogen-bond acceptors (Lipinski definition) is 6. The minimum Gasteiger partial charge on any atom is -0.490 e. The summed E-state index contributed by atoms with van der Waals surface area (Å²) in [6.07, 6.45) is 5.40. The average molecular weight is 339 g/mol. The van der Waals surface area contributed by atoms with Gasteiger partial charge in [0.25, 0.3) is 5.78 Å². The van der Waals surface area contributed by atoms with Crippen molar-refractivity contribution in [1.29, 1.82) is 0 Å². The lowest BCUT2D eigenvalue weighted by atomic mass is 9.96. The minimum atomic E-state index is 0.359. The van der Waals surface area contributed by atoms with Crippen molar-refractivity contribution in [2.75, 3.05) is 12.4 Å². The molecule has 1 saturated carbocycles. The number of ether oxygens (including phenoxy) is 2. The standard InChI is InChI=1S/C18H21N5O2/c1-24-11-14-9-17(23-18(22-14)20-12-21-23)19-10-13-5-2-3-8-16(13)25-15-6-4-7-15/h2-3,5,8-9,12,15,19H,4,6-7,10-11H2,1H3. The Morgan fingerprint density at radius 1 is 1.28 bits per heavy atom. The first-order chi connectivity index (χ1) is 12.3. The SMILES string of the molecule is COCc1cc(NCc2ccccc2OC2CCC2)n2ncnc2n1. The van der Waals surface area contributed by atoms with Crippen LogP contribution in [-0.4, -0.2) is 32.8 Å². The highest BCUT2D eigenvalue weighted by Crippen LogP contribution is 2.28. The number of rotatable bonds is 7. The highest BCUT2D eigenvalue weighted by atomic mass is 16.5. The Balaban J connectivity index is 1.55. The minimum absolute atomic E-state index is 0.359. The summed E-state index contributed by atoms with van der Waals surface area (Å²) in [5.41, 5.74) is 1.93. The molecule has 0 amide bonds. The molecule has 4 rings (SSSR count). The first kappa shape index (κ1) is 15.8. The molecule has 0 saturated heterocycles. The van der Waals surface area contributed by atoms with Crippen molar-refractivity contribution in [1.82, 2.24) is 19.6 Å². The summed E-state index contributed by atoms with van der Waals surface area (Å²) in [7, 11) is 1.65. The van der Waals surface area contributed by atoms with Gasteiger partial charge in [0.05, 0.1) is 18.4 Å². The van der Waals surface area contributed by atoms with E-state index in [1.807, 2.05) is 24.3 Å². The Kier molecular flexibility index (Phi) is 4.47. The lowest BCUT2D eigenvalue weighted by Gasteiger charge is -2.27. The molecule has 1 fully saturated rings. The molecular weight excluding hydrogens is 318 g/mol. The first-order valence-corrected chi connectivity index (χ1v) is 8.50. The topological polar surface area (TPSA) is 73.6 Å². The average Bonchev–Trinajstić information content (AvgIpc) is 3.06. The Hall–Kier alpha value is -2.67. The van der Waals surface area contributed by atoms with Gasteiger partial charge in [0.1, 0.15) is 17.9 Å². The van der Waals surface area contributed by atoms with Gasteiger partial charge in [-0.15, -0.1) is 0 Å². The van der Waals surface area contributed by atoms with Crippen molar-refractivity contribution in [3.05, 3.63) is 47.9 Å². The van der Waals surface area contributed by atoms with Gasteiger partial charge in [0.15, 0.2) is 0 Å². The van der Waals surface area contributed by atoms with Crippen LogP contribution in [0.1, 0.15) is 30.5 Å². The van der Waals surface area contributed by atoms with Crippen molar-refractivity contribution >= 4 is 11.6 Å². The molecular formula is C18H21N5O2. The lowest BCUT2D eigenvalue weighted by molar-refractivity contribution is 0.119. The van der Waals surface area contributed by atoms with Gasteiger partial charge in [-0.05, 0) is 25.3 Å². The number of nitrogens with one attached hydrogen (secondary N) is 1. The van der Waals surface area contributed by atoms with E-state index < -0.39 is 0 Å². The summed E-state index contributed by atoms with van der Waals surface area (Å²) in [5.74, 6) is 2.32. The molecule has 7 nitrogen and oxygen atoms in total. The second-order valence-electron chi connectivity index (χ2n) is 6.17. The number of hydrogen-bond donors (Lipinski definition) is 1. The third kappa shape index (κ3) is 3.41. The normalized spacial score (nSPS) is 14.4. The predicted octanol–water partition coefficient (Wildman–Crippen LogP) is 2.81. The van der Waals surface area contributed by atoms with E-state index in [0.717, 1.165) is 35.7 Å². The maximum atomic E-state index is 6.10. The van der Waals surface area contributed by atoms with Crippen LogP contribution in [-0.2, 0) is 17.9 Å². The zero-order valence-corrected chi connectivity index (χ0v) is 14.2. The van der Waals surface area contributed by atoms with Crippen LogP contribution in [0, 0.1) is 0 Å². The maximum absolute atomic E-state index is 6.10. The molecule has 3 aromatic rings. The van der Waals surface area contributed by atoms with Crippen LogP contribution in [0.2, 0.25) is 0 Å². The van der Waals surface area contributed by atoms with E-state index in [9.17, 15) is 0 Å². The number of para-hydroxylation sites is 1. The van der Waals surface area contributed by atoms with Crippen molar-refractivity contribution in [2.45, 2.75) is 38.5 Å². The van der Waals surface area contributed by atoms with E-state index >= 15 is 0 Å². The van der Waals surface area contributed by atoms with Crippen LogP contribution in [0.3, 0.4) is 0 Å². The summed E-state index contributed by atoms with van der Waals surface area (Å²) in [4.78, 5) is 8.59. The summed E-state index contributed by atoms with van der Waals surface area (Å²) in [6, 6.07) is 10.1. The quantitative estimate of drug-likeness (QED) is 0.713. The molecule has 1 aromatic carbocycles. The van der Waals surface area contributed by atoms with E-state index in [4.69, 9.17) is 9.47 Å². The van der Waals surface area contributed by atoms with E-state index in [1.165, 1.54) is 12.7 Å². The zero-order valence-electron chi connectivity index (χ0n) is 14.2. The fourth-order valence-electron chi connectivity index (χ4n) is 2.83. The molecule has 0 radical (unpaired) electrons. The van der Waals surface area contributed by atoms with Crippen LogP contribution in [0.25, 0.3) is 5.78 Å².